The van der Waals surface area contributed by atoms with Crippen molar-refractivity contribution in [1.82, 2.24) is 0 Å². The lowest BCUT2D eigenvalue weighted by atomic mass is 9.51. The standard InChI is InChI=1S/C12H20O2/c1-8(2)12-5-4-9(10(13)6-12)11(3,14)7-12/h8-9,14H,4-7H2,1-3H3/t9-,11+,12-/m1/s1. The molecular formula is C12H20O2. The Hall–Kier alpha value is -0.370. The summed E-state index contributed by atoms with van der Waals surface area (Å²) in [5, 5.41) is 10.2. The molecule has 0 unspecified atom stereocenters. The summed E-state index contributed by atoms with van der Waals surface area (Å²) in [6, 6.07) is 0. The van der Waals surface area contributed by atoms with Crippen LogP contribution in [0.3, 0.4) is 0 Å². The molecule has 0 aromatic carbocycles. The minimum absolute atomic E-state index is 0.0804. The zero-order chi connectivity index (χ0) is 10.6. The molecule has 0 aromatic heterocycles. The average molecular weight is 196 g/mol. The molecule has 1 N–H and O–H groups in total. The summed E-state index contributed by atoms with van der Waals surface area (Å²) in [7, 11) is 0. The van der Waals surface area contributed by atoms with Gasteiger partial charge in [-0.15, -0.1) is 0 Å². The van der Waals surface area contributed by atoms with Gasteiger partial charge in [-0.25, -0.2) is 0 Å². The lowest BCUT2D eigenvalue weighted by Crippen LogP contribution is -2.56. The van der Waals surface area contributed by atoms with Crippen LogP contribution in [0.15, 0.2) is 0 Å². The molecule has 14 heavy (non-hydrogen) atoms. The fraction of sp³-hybridized carbons (Fsp3) is 0.917. The van der Waals surface area contributed by atoms with Crippen LogP contribution in [0.25, 0.3) is 0 Å². The number of hydrogen-bond acceptors (Lipinski definition) is 2. The van der Waals surface area contributed by atoms with Crippen molar-refractivity contribution in [2.75, 3.05) is 0 Å². The number of carbonyl (C=O) groups excluding carboxylic acids is 1. The molecule has 0 spiro atoms. The van der Waals surface area contributed by atoms with Gasteiger partial charge in [0.2, 0.25) is 0 Å². The highest BCUT2D eigenvalue weighted by molar-refractivity contribution is 5.84. The highest BCUT2D eigenvalue weighted by Gasteiger charge is 2.56. The third kappa shape index (κ3) is 1.23. The van der Waals surface area contributed by atoms with Gasteiger partial charge in [0, 0.05) is 12.3 Å². The van der Waals surface area contributed by atoms with Crippen LogP contribution in [-0.2, 0) is 4.79 Å². The van der Waals surface area contributed by atoms with E-state index in [0.29, 0.717) is 18.1 Å². The highest BCUT2D eigenvalue weighted by atomic mass is 16.3. The minimum atomic E-state index is -0.738. The van der Waals surface area contributed by atoms with Gasteiger partial charge in [-0.2, -0.15) is 0 Å². The van der Waals surface area contributed by atoms with Crippen molar-refractivity contribution >= 4 is 5.78 Å². The quantitative estimate of drug-likeness (QED) is 0.697. The summed E-state index contributed by atoms with van der Waals surface area (Å²) >= 11 is 0. The zero-order valence-electron chi connectivity index (χ0n) is 9.34. The number of aliphatic hydroxyl groups is 1. The summed E-state index contributed by atoms with van der Waals surface area (Å²) in [5.41, 5.74) is -0.646. The Morgan fingerprint density at radius 1 is 1.50 bits per heavy atom. The SMILES string of the molecule is CC(C)[C@]12CC[C@H](C(=O)C1)[C@@](C)(O)C2. The van der Waals surface area contributed by atoms with Crippen LogP contribution in [0.4, 0.5) is 0 Å². The number of carbonyl (C=O) groups is 1. The van der Waals surface area contributed by atoms with Crippen LogP contribution >= 0.6 is 0 Å². The molecule has 0 aliphatic heterocycles. The summed E-state index contributed by atoms with van der Waals surface area (Å²) in [6.07, 6.45) is 3.53. The van der Waals surface area contributed by atoms with E-state index < -0.39 is 5.60 Å². The Balaban J connectivity index is 2.34. The van der Waals surface area contributed by atoms with Crippen LogP contribution in [0, 0.1) is 17.3 Å². The molecule has 3 aliphatic carbocycles. The first-order valence-corrected chi connectivity index (χ1v) is 5.62. The van der Waals surface area contributed by atoms with E-state index in [9.17, 15) is 9.90 Å². The summed E-state index contributed by atoms with van der Waals surface area (Å²) in [5.74, 6) is 0.712. The first-order valence-electron chi connectivity index (χ1n) is 5.62. The molecule has 0 radical (unpaired) electrons. The molecule has 3 rings (SSSR count). The Labute approximate surface area is 85.7 Å². The third-order valence-corrected chi connectivity index (χ3v) is 4.53. The first-order chi connectivity index (χ1) is 6.37. The average Bonchev–Trinajstić information content (AvgIpc) is 2.01. The summed E-state index contributed by atoms with van der Waals surface area (Å²) in [4.78, 5) is 11.8. The fourth-order valence-electron chi connectivity index (χ4n) is 3.49. The van der Waals surface area contributed by atoms with Crippen molar-refractivity contribution in [2.45, 2.75) is 52.1 Å². The fourth-order valence-corrected chi connectivity index (χ4v) is 3.49. The second-order valence-corrected chi connectivity index (χ2v) is 5.79. The van der Waals surface area contributed by atoms with Crippen LogP contribution < -0.4 is 0 Å². The van der Waals surface area contributed by atoms with Gasteiger partial charge in [-0.1, -0.05) is 13.8 Å². The number of fused-ring (bicyclic) bond motifs is 3. The molecule has 80 valence electrons. The third-order valence-electron chi connectivity index (χ3n) is 4.53. The maximum atomic E-state index is 11.8. The lowest BCUT2D eigenvalue weighted by molar-refractivity contribution is -0.165. The molecule has 2 nitrogen and oxygen atoms in total. The molecule has 0 amide bonds. The lowest BCUT2D eigenvalue weighted by Gasteiger charge is -2.55. The molecule has 2 heteroatoms. The van der Waals surface area contributed by atoms with E-state index in [2.05, 4.69) is 13.8 Å². The van der Waals surface area contributed by atoms with Crippen molar-refractivity contribution in [3.8, 4) is 0 Å². The summed E-state index contributed by atoms with van der Waals surface area (Å²) < 4.78 is 0. The van der Waals surface area contributed by atoms with Crippen molar-refractivity contribution in [1.29, 1.82) is 0 Å². The van der Waals surface area contributed by atoms with Gasteiger partial charge in [0.1, 0.15) is 5.78 Å². The Kier molecular flexibility index (Phi) is 2.04. The largest absolute Gasteiger partial charge is 0.389 e. The van der Waals surface area contributed by atoms with Crippen LogP contribution in [0.1, 0.15) is 46.5 Å². The molecule has 3 atom stereocenters. The normalized spacial score (nSPS) is 47.5. The Morgan fingerprint density at radius 3 is 2.57 bits per heavy atom. The minimum Gasteiger partial charge on any atom is -0.389 e. The molecule has 0 saturated heterocycles. The molecule has 3 aliphatic rings. The molecule has 0 heterocycles. The van der Waals surface area contributed by atoms with Gasteiger partial charge >= 0.3 is 0 Å². The van der Waals surface area contributed by atoms with E-state index in [1.165, 1.54) is 0 Å². The van der Waals surface area contributed by atoms with Gasteiger partial charge in [-0.05, 0) is 37.5 Å². The predicted molar refractivity (Wildman–Crippen MR) is 54.9 cm³/mol. The number of rotatable bonds is 1. The smallest absolute Gasteiger partial charge is 0.139 e. The van der Waals surface area contributed by atoms with E-state index in [1.807, 2.05) is 6.92 Å². The predicted octanol–water partition coefficient (Wildman–Crippen LogP) is 2.15. The van der Waals surface area contributed by atoms with E-state index in [4.69, 9.17) is 0 Å². The van der Waals surface area contributed by atoms with Crippen molar-refractivity contribution in [2.24, 2.45) is 17.3 Å². The van der Waals surface area contributed by atoms with Gasteiger partial charge in [0.25, 0.3) is 0 Å². The van der Waals surface area contributed by atoms with Gasteiger partial charge < -0.3 is 5.11 Å². The topological polar surface area (TPSA) is 37.3 Å². The molecule has 2 bridgehead atoms. The first kappa shape index (κ1) is 10.2. The second-order valence-electron chi connectivity index (χ2n) is 5.79. The number of ketones is 1. The van der Waals surface area contributed by atoms with E-state index in [0.717, 1.165) is 19.3 Å². The van der Waals surface area contributed by atoms with E-state index in [-0.39, 0.29) is 11.3 Å². The van der Waals surface area contributed by atoms with Crippen molar-refractivity contribution in [3.05, 3.63) is 0 Å². The molecule has 0 aromatic rings. The molecule has 3 saturated carbocycles. The van der Waals surface area contributed by atoms with E-state index >= 15 is 0 Å². The van der Waals surface area contributed by atoms with E-state index in [1.54, 1.807) is 0 Å². The number of Topliss-reactive ketones (excluding diaryl/α,β-unsaturated/α-hetero) is 1. The monoisotopic (exact) mass is 196 g/mol. The van der Waals surface area contributed by atoms with Crippen LogP contribution in [0.2, 0.25) is 0 Å². The molecule has 3 fully saturated rings. The summed E-state index contributed by atoms with van der Waals surface area (Å²) in [6.45, 7) is 6.19. The van der Waals surface area contributed by atoms with Gasteiger partial charge in [-0.3, -0.25) is 4.79 Å². The van der Waals surface area contributed by atoms with Crippen LogP contribution in [-0.4, -0.2) is 16.5 Å². The maximum absolute atomic E-state index is 11.8. The maximum Gasteiger partial charge on any atom is 0.139 e. The van der Waals surface area contributed by atoms with Gasteiger partial charge in [0.05, 0.1) is 5.60 Å². The van der Waals surface area contributed by atoms with Crippen LogP contribution in [0.5, 0.6) is 0 Å². The second kappa shape index (κ2) is 2.82. The number of hydrogen-bond donors (Lipinski definition) is 1. The Bertz CT molecular complexity index is 267. The van der Waals surface area contributed by atoms with Crippen molar-refractivity contribution < 1.29 is 9.90 Å². The van der Waals surface area contributed by atoms with Crippen molar-refractivity contribution in [3.63, 3.8) is 0 Å². The Morgan fingerprint density at radius 2 is 2.14 bits per heavy atom. The zero-order valence-corrected chi connectivity index (χ0v) is 9.34. The van der Waals surface area contributed by atoms with Gasteiger partial charge in [0.15, 0.2) is 0 Å². The highest BCUT2D eigenvalue weighted by Crippen LogP contribution is 2.56. The molecular weight excluding hydrogens is 176 g/mol.